The van der Waals surface area contributed by atoms with E-state index in [-0.39, 0.29) is 12.2 Å². The van der Waals surface area contributed by atoms with Crippen LogP contribution < -0.4 is 10.9 Å². The van der Waals surface area contributed by atoms with Gasteiger partial charge in [-0.2, -0.15) is 0 Å². The van der Waals surface area contributed by atoms with E-state index in [2.05, 4.69) is 24.1 Å². The summed E-state index contributed by atoms with van der Waals surface area (Å²) in [6, 6.07) is 4.16. The van der Waals surface area contributed by atoms with E-state index in [0.717, 1.165) is 31.4 Å². The van der Waals surface area contributed by atoms with Gasteiger partial charge in [-0.15, -0.1) is 0 Å². The van der Waals surface area contributed by atoms with Gasteiger partial charge in [0.05, 0.1) is 0 Å². The van der Waals surface area contributed by atoms with Crippen LogP contribution in [0.15, 0.2) is 16.9 Å². The quantitative estimate of drug-likeness (QED) is 0.759. The van der Waals surface area contributed by atoms with E-state index in [4.69, 9.17) is 5.11 Å². The Balaban J connectivity index is 2.16. The Labute approximate surface area is 114 Å². The third-order valence-corrected chi connectivity index (χ3v) is 3.99. The van der Waals surface area contributed by atoms with Gasteiger partial charge in [0, 0.05) is 30.5 Å². The fraction of sp³-hybridized carbons (Fsp3) is 0.667. The van der Waals surface area contributed by atoms with Gasteiger partial charge in [0.1, 0.15) is 0 Å². The van der Waals surface area contributed by atoms with Crippen LogP contribution in [0.4, 0.5) is 0 Å². The summed E-state index contributed by atoms with van der Waals surface area (Å²) < 4.78 is 0. The lowest BCUT2D eigenvalue weighted by Gasteiger charge is -2.32. The zero-order valence-corrected chi connectivity index (χ0v) is 11.8. The minimum atomic E-state index is -0.0184. The molecule has 0 fully saturated rings. The number of nitrogens with one attached hydrogen (secondary N) is 2. The molecule has 0 aliphatic heterocycles. The van der Waals surface area contributed by atoms with E-state index >= 15 is 0 Å². The molecule has 0 saturated carbocycles. The van der Waals surface area contributed by atoms with Crippen molar-refractivity contribution in [2.75, 3.05) is 6.61 Å². The molecule has 0 amide bonds. The maximum absolute atomic E-state index is 11.4. The fourth-order valence-corrected chi connectivity index (χ4v) is 2.88. The number of hydrogen-bond acceptors (Lipinski definition) is 3. The van der Waals surface area contributed by atoms with E-state index in [1.165, 1.54) is 5.56 Å². The molecule has 1 aromatic rings. The normalized spacial score (nSPS) is 20.3. The number of aryl methyl sites for hydroxylation is 1. The van der Waals surface area contributed by atoms with E-state index in [1.807, 2.05) is 6.07 Å². The summed E-state index contributed by atoms with van der Waals surface area (Å²) in [5, 5.41) is 12.8. The number of fused-ring (bicyclic) bond motifs is 1. The standard InChI is InChI=1S/C15H24N2O2/c1-10(2)12(8-9-18)16-13-4-3-5-14-11(13)6-7-15(19)17-14/h6-7,10,12-13,16,18H,3-5,8-9H2,1-2H3,(H,17,19). The number of aromatic amines is 1. The first-order valence-corrected chi connectivity index (χ1v) is 7.21. The molecule has 3 N–H and O–H groups in total. The van der Waals surface area contributed by atoms with Gasteiger partial charge >= 0.3 is 0 Å². The van der Waals surface area contributed by atoms with Crippen LogP contribution in [-0.2, 0) is 6.42 Å². The second kappa shape index (κ2) is 6.35. The molecule has 2 unspecified atom stereocenters. The first-order chi connectivity index (χ1) is 9.11. The first-order valence-electron chi connectivity index (χ1n) is 7.21. The summed E-state index contributed by atoms with van der Waals surface area (Å²) in [6.07, 6.45) is 3.91. The van der Waals surface area contributed by atoms with Gasteiger partial charge in [-0.3, -0.25) is 4.79 Å². The maximum atomic E-state index is 11.4. The van der Waals surface area contributed by atoms with Crippen LogP contribution in [0.3, 0.4) is 0 Å². The second-order valence-corrected chi connectivity index (χ2v) is 5.73. The predicted octanol–water partition coefficient (Wildman–Crippen LogP) is 1.75. The molecule has 106 valence electrons. The molecule has 4 nitrogen and oxygen atoms in total. The van der Waals surface area contributed by atoms with Crippen molar-refractivity contribution in [3.05, 3.63) is 33.7 Å². The van der Waals surface area contributed by atoms with Crippen molar-refractivity contribution in [3.63, 3.8) is 0 Å². The van der Waals surface area contributed by atoms with Crippen LogP contribution in [0.25, 0.3) is 0 Å². The average molecular weight is 264 g/mol. The lowest BCUT2D eigenvalue weighted by Crippen LogP contribution is -2.39. The molecule has 1 aliphatic carbocycles. The van der Waals surface area contributed by atoms with Gasteiger partial charge < -0.3 is 15.4 Å². The lowest BCUT2D eigenvalue weighted by molar-refractivity contribution is 0.230. The van der Waals surface area contributed by atoms with Crippen LogP contribution in [-0.4, -0.2) is 22.7 Å². The highest BCUT2D eigenvalue weighted by Gasteiger charge is 2.24. The Morgan fingerprint density at radius 1 is 1.47 bits per heavy atom. The number of H-pyrrole nitrogens is 1. The molecule has 0 spiro atoms. The molecular formula is C15H24N2O2. The molecule has 0 bridgehead atoms. The van der Waals surface area contributed by atoms with Gasteiger partial charge in [-0.25, -0.2) is 0 Å². The fourth-order valence-electron chi connectivity index (χ4n) is 2.88. The third-order valence-electron chi connectivity index (χ3n) is 3.99. The Bertz CT molecular complexity index is 467. The van der Waals surface area contributed by atoms with E-state index in [9.17, 15) is 4.79 Å². The zero-order valence-electron chi connectivity index (χ0n) is 11.8. The highest BCUT2D eigenvalue weighted by molar-refractivity contribution is 5.26. The topological polar surface area (TPSA) is 65.1 Å². The van der Waals surface area contributed by atoms with Gasteiger partial charge in [0.2, 0.25) is 5.56 Å². The van der Waals surface area contributed by atoms with Crippen LogP contribution >= 0.6 is 0 Å². The van der Waals surface area contributed by atoms with Gasteiger partial charge in [0.25, 0.3) is 0 Å². The number of hydrogen-bond donors (Lipinski definition) is 3. The minimum absolute atomic E-state index is 0.0184. The smallest absolute Gasteiger partial charge is 0.248 e. The molecule has 4 heteroatoms. The number of rotatable bonds is 5. The van der Waals surface area contributed by atoms with Crippen LogP contribution in [0, 0.1) is 5.92 Å². The molecule has 1 aromatic heterocycles. The SMILES string of the molecule is CC(C)C(CCO)NC1CCCc2[nH]c(=O)ccc21. The highest BCUT2D eigenvalue weighted by atomic mass is 16.3. The van der Waals surface area contributed by atoms with Crippen molar-refractivity contribution in [1.29, 1.82) is 0 Å². The highest BCUT2D eigenvalue weighted by Crippen LogP contribution is 2.28. The van der Waals surface area contributed by atoms with Crippen LogP contribution in [0.5, 0.6) is 0 Å². The summed E-state index contributed by atoms with van der Waals surface area (Å²) in [5.74, 6) is 0.486. The Morgan fingerprint density at radius 2 is 2.26 bits per heavy atom. The molecule has 0 radical (unpaired) electrons. The largest absolute Gasteiger partial charge is 0.396 e. The van der Waals surface area contributed by atoms with Gasteiger partial charge in [-0.1, -0.05) is 19.9 Å². The summed E-state index contributed by atoms with van der Waals surface area (Å²) in [4.78, 5) is 14.3. The zero-order chi connectivity index (χ0) is 13.8. The predicted molar refractivity (Wildman–Crippen MR) is 76.2 cm³/mol. The van der Waals surface area contributed by atoms with E-state index in [1.54, 1.807) is 6.07 Å². The summed E-state index contributed by atoms with van der Waals surface area (Å²) >= 11 is 0. The maximum Gasteiger partial charge on any atom is 0.248 e. The van der Waals surface area contributed by atoms with Gasteiger partial charge in [-0.05, 0) is 37.2 Å². The average Bonchev–Trinajstić information content (AvgIpc) is 2.37. The monoisotopic (exact) mass is 264 g/mol. The van der Waals surface area contributed by atoms with Crippen molar-refractivity contribution in [2.24, 2.45) is 5.92 Å². The minimum Gasteiger partial charge on any atom is -0.396 e. The molecule has 2 rings (SSSR count). The Kier molecular flexibility index (Phi) is 4.77. The van der Waals surface area contributed by atoms with Crippen LogP contribution in [0.1, 0.15) is 50.4 Å². The van der Waals surface area contributed by atoms with E-state index < -0.39 is 0 Å². The summed E-state index contributed by atoms with van der Waals surface area (Å²) in [5.41, 5.74) is 2.27. The number of pyridine rings is 1. The van der Waals surface area contributed by atoms with Crippen molar-refractivity contribution in [2.45, 2.75) is 51.6 Å². The molecule has 19 heavy (non-hydrogen) atoms. The molecule has 0 aromatic carbocycles. The number of aliphatic hydroxyl groups excluding tert-OH is 1. The van der Waals surface area contributed by atoms with Crippen molar-refractivity contribution in [3.8, 4) is 0 Å². The molecular weight excluding hydrogens is 240 g/mol. The van der Waals surface area contributed by atoms with Crippen LogP contribution in [0.2, 0.25) is 0 Å². The third kappa shape index (κ3) is 3.45. The molecule has 1 heterocycles. The Hall–Kier alpha value is -1.13. The molecule has 2 atom stereocenters. The Morgan fingerprint density at radius 3 is 2.95 bits per heavy atom. The van der Waals surface area contributed by atoms with Crippen molar-refractivity contribution in [1.82, 2.24) is 10.3 Å². The van der Waals surface area contributed by atoms with Gasteiger partial charge in [0.15, 0.2) is 0 Å². The second-order valence-electron chi connectivity index (χ2n) is 5.73. The molecule has 1 aliphatic rings. The van der Waals surface area contributed by atoms with Crippen molar-refractivity contribution < 1.29 is 5.11 Å². The summed E-state index contributed by atoms with van der Waals surface area (Å²) in [6.45, 7) is 4.55. The number of aliphatic hydroxyl groups is 1. The van der Waals surface area contributed by atoms with E-state index in [0.29, 0.717) is 18.0 Å². The molecule has 0 saturated heterocycles. The lowest BCUT2D eigenvalue weighted by atomic mass is 9.89. The van der Waals surface area contributed by atoms with Crippen molar-refractivity contribution >= 4 is 0 Å². The summed E-state index contributed by atoms with van der Waals surface area (Å²) in [7, 11) is 0. The number of aromatic nitrogens is 1. The first kappa shape index (κ1) is 14.3.